The monoisotopic (exact) mass is 438 g/mol. The van der Waals surface area contributed by atoms with Gasteiger partial charge in [0.1, 0.15) is 11.8 Å². The van der Waals surface area contributed by atoms with Gasteiger partial charge < -0.3 is 9.47 Å². The van der Waals surface area contributed by atoms with Gasteiger partial charge in [-0.2, -0.15) is 0 Å². The number of carbonyl (C=O) groups is 1. The van der Waals surface area contributed by atoms with Crippen LogP contribution in [0, 0.1) is 28.6 Å². The van der Waals surface area contributed by atoms with E-state index in [9.17, 15) is 4.79 Å². The van der Waals surface area contributed by atoms with Crippen LogP contribution in [0.2, 0.25) is 0 Å². The largest absolute Gasteiger partial charge is 0.508 e. The van der Waals surface area contributed by atoms with E-state index in [1.54, 1.807) is 0 Å². The maximum absolute atomic E-state index is 17.0. The molecule has 0 radical (unpaired) electrons. The van der Waals surface area contributed by atoms with Crippen molar-refractivity contribution in [2.75, 3.05) is 5.88 Å². The molecule has 4 rings (SSSR count). The van der Waals surface area contributed by atoms with E-state index in [-0.39, 0.29) is 35.4 Å². The van der Waals surface area contributed by atoms with Crippen molar-refractivity contribution in [3.05, 3.63) is 23.8 Å². The van der Waals surface area contributed by atoms with Crippen LogP contribution in [-0.2, 0) is 9.47 Å². The van der Waals surface area contributed by atoms with Crippen LogP contribution >= 0.6 is 11.6 Å². The zero-order valence-corrected chi connectivity index (χ0v) is 19.5. The number of allylic oxidation sites excluding steroid dienone is 4. The van der Waals surface area contributed by atoms with E-state index in [0.717, 1.165) is 32.1 Å². The average molecular weight is 439 g/mol. The summed E-state index contributed by atoms with van der Waals surface area (Å²) in [6.07, 6.45) is 11.0. The van der Waals surface area contributed by atoms with Gasteiger partial charge >= 0.3 is 6.16 Å². The summed E-state index contributed by atoms with van der Waals surface area (Å²) in [4.78, 5) is 12.4. The minimum absolute atomic E-state index is 0.0310. The fourth-order valence-corrected chi connectivity index (χ4v) is 7.87. The normalized spacial score (nSPS) is 44.7. The highest BCUT2D eigenvalue weighted by Crippen LogP contribution is 2.69. The van der Waals surface area contributed by atoms with Crippen molar-refractivity contribution in [1.82, 2.24) is 0 Å². The Morgan fingerprint density at radius 1 is 1.33 bits per heavy atom. The molecule has 0 aromatic carbocycles. The van der Waals surface area contributed by atoms with Crippen molar-refractivity contribution in [1.29, 1.82) is 0 Å². The van der Waals surface area contributed by atoms with Crippen LogP contribution in [0.25, 0.3) is 0 Å². The molecule has 168 valence electrons. The summed E-state index contributed by atoms with van der Waals surface area (Å²) < 4.78 is 28.2. The van der Waals surface area contributed by atoms with Crippen LogP contribution in [0.3, 0.4) is 0 Å². The van der Waals surface area contributed by atoms with Gasteiger partial charge in [0.25, 0.3) is 0 Å². The lowest BCUT2D eigenvalue weighted by Crippen LogP contribution is -2.61. The first kappa shape index (κ1) is 22.2. The summed E-state index contributed by atoms with van der Waals surface area (Å²) >= 11 is 6.29. The predicted molar refractivity (Wildman–Crippen MR) is 117 cm³/mol. The topological polar surface area (TPSA) is 35.5 Å². The van der Waals surface area contributed by atoms with E-state index in [1.165, 1.54) is 5.57 Å². The van der Waals surface area contributed by atoms with Crippen LogP contribution in [0.1, 0.15) is 72.6 Å². The van der Waals surface area contributed by atoms with Gasteiger partial charge in [-0.3, -0.25) is 0 Å². The third-order valence-corrected chi connectivity index (χ3v) is 8.99. The maximum Gasteiger partial charge on any atom is 0.508 e. The summed E-state index contributed by atoms with van der Waals surface area (Å²) in [6.45, 7) is 7.87. The van der Waals surface area contributed by atoms with Crippen LogP contribution in [-0.4, -0.2) is 29.9 Å². The number of rotatable bonds is 4. The minimum atomic E-state index is -1.25. The Kier molecular flexibility index (Phi) is 5.79. The molecule has 5 heteroatoms. The van der Waals surface area contributed by atoms with Crippen molar-refractivity contribution in [3.63, 3.8) is 0 Å². The van der Waals surface area contributed by atoms with Gasteiger partial charge in [-0.25, -0.2) is 9.18 Å². The molecule has 30 heavy (non-hydrogen) atoms. The van der Waals surface area contributed by atoms with Gasteiger partial charge in [0.15, 0.2) is 0 Å². The zero-order chi connectivity index (χ0) is 21.7. The van der Waals surface area contributed by atoms with Crippen LogP contribution in [0.4, 0.5) is 9.18 Å². The lowest BCUT2D eigenvalue weighted by atomic mass is 9.46. The lowest BCUT2D eigenvalue weighted by molar-refractivity contribution is -0.148. The molecule has 0 heterocycles. The number of hydrogen-bond acceptors (Lipinski definition) is 3. The molecule has 4 aliphatic rings. The predicted octanol–water partition coefficient (Wildman–Crippen LogP) is 6.99. The fourth-order valence-electron chi connectivity index (χ4n) is 7.52. The van der Waals surface area contributed by atoms with Crippen molar-refractivity contribution in [2.45, 2.75) is 90.5 Å². The molecule has 0 unspecified atom stereocenters. The van der Waals surface area contributed by atoms with Gasteiger partial charge in [-0.15, -0.1) is 11.6 Å². The first-order valence-corrected chi connectivity index (χ1v) is 12.2. The maximum atomic E-state index is 17.0. The van der Waals surface area contributed by atoms with E-state index >= 15 is 4.39 Å². The Hall–Kier alpha value is -1.03. The van der Waals surface area contributed by atoms with E-state index in [4.69, 9.17) is 21.1 Å². The summed E-state index contributed by atoms with van der Waals surface area (Å²) in [5.74, 6) is 0.815. The molecule has 3 fully saturated rings. The van der Waals surface area contributed by atoms with Crippen LogP contribution in [0.15, 0.2) is 23.8 Å². The first-order valence-electron chi connectivity index (χ1n) is 11.7. The fraction of sp³-hybridized carbons (Fsp3) is 0.800. The lowest BCUT2D eigenvalue weighted by Gasteiger charge is -2.60. The molecule has 0 aromatic rings. The van der Waals surface area contributed by atoms with E-state index in [2.05, 4.69) is 32.1 Å². The van der Waals surface area contributed by atoms with Crippen molar-refractivity contribution < 1.29 is 18.7 Å². The Labute approximate surface area is 185 Å². The van der Waals surface area contributed by atoms with E-state index < -0.39 is 17.2 Å². The second-order valence-corrected chi connectivity index (χ2v) is 10.9. The molecule has 4 aliphatic carbocycles. The molecule has 7 atom stereocenters. The average Bonchev–Trinajstić information content (AvgIpc) is 2.94. The van der Waals surface area contributed by atoms with Crippen molar-refractivity contribution in [3.8, 4) is 0 Å². The number of hydrogen-bond donors (Lipinski definition) is 0. The molecule has 0 saturated heterocycles. The Morgan fingerprint density at radius 2 is 2.10 bits per heavy atom. The molecule has 0 spiro atoms. The second-order valence-electron chi connectivity index (χ2n) is 10.5. The molecule has 0 N–H and O–H groups in total. The molecule has 0 aliphatic heterocycles. The Morgan fingerprint density at radius 3 is 2.80 bits per heavy atom. The van der Waals surface area contributed by atoms with Gasteiger partial charge in [0.05, 0.1) is 6.10 Å². The first-order chi connectivity index (χ1) is 14.2. The Balaban J connectivity index is 1.68. The van der Waals surface area contributed by atoms with E-state index in [0.29, 0.717) is 18.7 Å². The summed E-state index contributed by atoms with van der Waals surface area (Å²) in [5, 5.41) is 0. The number of alkyl halides is 2. The van der Waals surface area contributed by atoms with Gasteiger partial charge in [0.2, 0.25) is 0 Å². The molecule has 3 nitrogen and oxygen atoms in total. The standard InChI is InChI=1S/C25H36ClFO3/c1-16(2)29-22(28)30-21-17(3)15-20-19-9-8-18-7-5-6-10-23(18,4)25(19,27)12-11-24(20,21)13-14-26/h6-7,10,16-17,19-21H,5,8-9,11-15H2,1-4H3/t17-,19+,20+,21-,23+,24-,25-/m1/s1. The SMILES string of the molecule is CC(C)OC(=O)O[C@@H]1[C@H](C)C[C@H]2[C@@H]3CCC4=CCC=C[C@]4(C)[C@@]3(F)CC[C@]12CCCl. The highest BCUT2D eigenvalue weighted by Gasteiger charge is 2.69. The highest BCUT2D eigenvalue weighted by atomic mass is 35.5. The van der Waals surface area contributed by atoms with Crippen LogP contribution < -0.4 is 0 Å². The van der Waals surface area contributed by atoms with Crippen LogP contribution in [0.5, 0.6) is 0 Å². The highest BCUT2D eigenvalue weighted by molar-refractivity contribution is 6.17. The molecule has 0 bridgehead atoms. The van der Waals surface area contributed by atoms with Gasteiger partial charge in [-0.05, 0) is 83.5 Å². The molecule has 0 amide bonds. The second kappa shape index (κ2) is 7.83. The molecule has 3 saturated carbocycles. The third kappa shape index (κ3) is 3.15. The Bertz CT molecular complexity index is 749. The third-order valence-electron chi connectivity index (χ3n) is 8.80. The smallest absolute Gasteiger partial charge is 0.432 e. The zero-order valence-electron chi connectivity index (χ0n) is 18.8. The molecule has 0 aromatic heterocycles. The summed E-state index contributed by atoms with van der Waals surface area (Å²) in [7, 11) is 0. The van der Waals surface area contributed by atoms with Crippen molar-refractivity contribution >= 4 is 17.8 Å². The van der Waals surface area contributed by atoms with Gasteiger partial charge in [0, 0.05) is 16.7 Å². The number of carbonyl (C=O) groups excluding carboxylic acids is 1. The number of halogens is 2. The quantitative estimate of drug-likeness (QED) is 0.269. The minimum Gasteiger partial charge on any atom is -0.432 e. The van der Waals surface area contributed by atoms with Gasteiger partial charge in [-0.1, -0.05) is 30.7 Å². The van der Waals surface area contributed by atoms with Crippen molar-refractivity contribution in [2.24, 2.45) is 28.6 Å². The summed E-state index contributed by atoms with van der Waals surface area (Å²) in [6, 6.07) is 0. The molecular weight excluding hydrogens is 403 g/mol. The molecular formula is C25H36ClFO3. The van der Waals surface area contributed by atoms with E-state index in [1.807, 2.05) is 13.8 Å². The number of ether oxygens (including phenoxy) is 2. The number of fused-ring (bicyclic) bond motifs is 5. The summed E-state index contributed by atoms with van der Waals surface area (Å²) in [5.41, 5.74) is -0.748.